The highest BCUT2D eigenvalue weighted by Gasteiger charge is 2.39. The highest BCUT2D eigenvalue weighted by atomic mass is 16.6. The molecule has 0 unspecified atom stereocenters. The fraction of sp³-hybridized carbons (Fsp3) is 0.0400. The molecule has 0 bridgehead atoms. The summed E-state index contributed by atoms with van der Waals surface area (Å²) in [6.45, 7) is -0.306. The molecule has 0 radical (unpaired) electrons. The first kappa shape index (κ1) is 21.0. The van der Waals surface area contributed by atoms with Crippen LogP contribution in [0.15, 0.2) is 77.3 Å². The highest BCUT2D eigenvalue weighted by molar-refractivity contribution is 6.30. The van der Waals surface area contributed by atoms with Crippen molar-refractivity contribution in [3.63, 3.8) is 0 Å². The Kier molecular flexibility index (Phi) is 5.06. The van der Waals surface area contributed by atoms with Gasteiger partial charge in [-0.3, -0.25) is 19.7 Å². The number of aromatic nitrogens is 1. The van der Waals surface area contributed by atoms with Gasteiger partial charge in [-0.25, -0.2) is 4.79 Å². The topological polar surface area (TPSA) is 130 Å². The van der Waals surface area contributed by atoms with Gasteiger partial charge in [-0.05, 0) is 12.1 Å². The number of ketones is 2. The van der Waals surface area contributed by atoms with Gasteiger partial charge in [0.15, 0.2) is 11.5 Å². The highest BCUT2D eigenvalue weighted by Crippen LogP contribution is 2.36. The van der Waals surface area contributed by atoms with Crippen LogP contribution < -0.4 is 0 Å². The number of nitro groups is 1. The molecule has 0 atom stereocenters. The SMILES string of the molecule is O=C1c2ccccc2C(=O)c2c1ccc(C(=O)OCc1cc(-c3ccccc3)on1)c2[N+](=O)[O-]. The summed E-state index contributed by atoms with van der Waals surface area (Å²) >= 11 is 0. The van der Waals surface area contributed by atoms with E-state index in [4.69, 9.17) is 9.26 Å². The second-order valence-corrected chi connectivity index (χ2v) is 7.47. The molecule has 1 aliphatic rings. The van der Waals surface area contributed by atoms with Crippen LogP contribution in [0.4, 0.5) is 5.69 Å². The fourth-order valence-electron chi connectivity index (χ4n) is 3.86. The van der Waals surface area contributed by atoms with E-state index in [0.717, 1.165) is 11.6 Å². The van der Waals surface area contributed by atoms with Crippen molar-refractivity contribution in [2.75, 3.05) is 0 Å². The molecule has 0 amide bonds. The van der Waals surface area contributed by atoms with Crippen molar-refractivity contribution in [2.24, 2.45) is 0 Å². The second-order valence-electron chi connectivity index (χ2n) is 7.47. The van der Waals surface area contributed by atoms with Gasteiger partial charge >= 0.3 is 5.97 Å². The normalized spacial score (nSPS) is 12.1. The molecule has 3 aromatic carbocycles. The van der Waals surface area contributed by atoms with Crippen molar-refractivity contribution in [1.82, 2.24) is 5.16 Å². The minimum atomic E-state index is -1.03. The van der Waals surface area contributed by atoms with E-state index in [1.165, 1.54) is 18.2 Å². The Morgan fingerprint density at radius 1 is 0.912 bits per heavy atom. The molecule has 1 aliphatic carbocycles. The molecule has 0 spiro atoms. The van der Waals surface area contributed by atoms with E-state index in [1.807, 2.05) is 30.3 Å². The lowest BCUT2D eigenvalue weighted by atomic mass is 9.82. The zero-order valence-corrected chi connectivity index (χ0v) is 17.4. The average molecular weight is 454 g/mol. The summed E-state index contributed by atoms with van der Waals surface area (Å²) in [5, 5.41) is 15.8. The molecule has 34 heavy (non-hydrogen) atoms. The number of hydrogen-bond donors (Lipinski definition) is 0. The Labute approximate surface area is 191 Å². The molecular formula is C25H14N2O7. The van der Waals surface area contributed by atoms with Gasteiger partial charge in [-0.2, -0.15) is 0 Å². The number of ether oxygens (including phenoxy) is 1. The molecule has 0 saturated heterocycles. The number of fused-ring (bicyclic) bond motifs is 2. The predicted octanol–water partition coefficient (Wildman–Crippen LogP) is 4.38. The Morgan fingerprint density at radius 2 is 1.59 bits per heavy atom. The molecule has 166 valence electrons. The van der Waals surface area contributed by atoms with Gasteiger partial charge in [0, 0.05) is 28.3 Å². The third kappa shape index (κ3) is 3.45. The average Bonchev–Trinajstić information content (AvgIpc) is 3.34. The van der Waals surface area contributed by atoms with Crippen molar-refractivity contribution < 1.29 is 28.6 Å². The number of benzene rings is 3. The third-order valence-electron chi connectivity index (χ3n) is 5.44. The lowest BCUT2D eigenvalue weighted by Gasteiger charge is -2.18. The number of nitrogens with zero attached hydrogens (tertiary/aromatic N) is 2. The summed E-state index contributed by atoms with van der Waals surface area (Å²) in [4.78, 5) is 49.7. The van der Waals surface area contributed by atoms with E-state index in [2.05, 4.69) is 5.16 Å². The third-order valence-corrected chi connectivity index (χ3v) is 5.44. The van der Waals surface area contributed by atoms with Crippen molar-refractivity contribution in [3.05, 3.63) is 116 Å². The maximum Gasteiger partial charge on any atom is 0.345 e. The van der Waals surface area contributed by atoms with E-state index >= 15 is 0 Å². The standard InChI is InChI=1S/C25H14N2O7/c28-23-16-8-4-5-9-17(16)24(29)21-18(23)10-11-19(22(21)27(31)32)25(30)33-13-15-12-20(34-26-15)14-6-2-1-3-7-14/h1-12H,13H2. The predicted molar refractivity (Wildman–Crippen MR) is 117 cm³/mol. The summed E-state index contributed by atoms with van der Waals surface area (Å²) in [7, 11) is 0. The van der Waals surface area contributed by atoms with E-state index in [1.54, 1.807) is 18.2 Å². The minimum Gasteiger partial charge on any atom is -0.455 e. The second kappa shape index (κ2) is 8.21. The number of nitro benzene ring substituents is 1. The summed E-state index contributed by atoms with van der Waals surface area (Å²) in [5.74, 6) is -1.79. The molecule has 9 heteroatoms. The fourth-order valence-corrected chi connectivity index (χ4v) is 3.86. The molecule has 9 nitrogen and oxygen atoms in total. The van der Waals surface area contributed by atoms with Gasteiger partial charge in [0.05, 0.1) is 4.92 Å². The van der Waals surface area contributed by atoms with Crippen LogP contribution in [-0.2, 0) is 11.3 Å². The molecule has 4 aromatic rings. The summed E-state index contributed by atoms with van der Waals surface area (Å²) < 4.78 is 10.5. The smallest absolute Gasteiger partial charge is 0.345 e. The molecule has 1 aromatic heterocycles. The molecule has 5 rings (SSSR count). The van der Waals surface area contributed by atoms with Crippen molar-refractivity contribution in [1.29, 1.82) is 0 Å². The van der Waals surface area contributed by atoms with Crippen molar-refractivity contribution in [3.8, 4) is 11.3 Å². The lowest BCUT2D eigenvalue weighted by Crippen LogP contribution is -2.23. The van der Waals surface area contributed by atoms with E-state index < -0.39 is 39.3 Å². The van der Waals surface area contributed by atoms with Gasteiger partial charge in [0.1, 0.15) is 23.4 Å². The van der Waals surface area contributed by atoms with Crippen LogP contribution in [0, 0.1) is 10.1 Å². The zero-order valence-electron chi connectivity index (χ0n) is 17.4. The van der Waals surface area contributed by atoms with Crippen molar-refractivity contribution in [2.45, 2.75) is 6.61 Å². The monoisotopic (exact) mass is 454 g/mol. The Hall–Kier alpha value is -4.92. The Bertz CT molecular complexity index is 1490. The summed E-state index contributed by atoms with van der Waals surface area (Å²) in [6.07, 6.45) is 0. The van der Waals surface area contributed by atoms with E-state index in [9.17, 15) is 24.5 Å². The number of carbonyl (C=O) groups is 3. The quantitative estimate of drug-likeness (QED) is 0.217. The first-order valence-corrected chi connectivity index (χ1v) is 10.1. The Morgan fingerprint density at radius 3 is 2.29 bits per heavy atom. The first-order valence-electron chi connectivity index (χ1n) is 10.1. The molecule has 0 N–H and O–H groups in total. The van der Waals surface area contributed by atoms with E-state index in [-0.39, 0.29) is 23.3 Å². The number of esters is 1. The van der Waals surface area contributed by atoms with Crippen LogP contribution in [0.2, 0.25) is 0 Å². The van der Waals surface area contributed by atoms with E-state index in [0.29, 0.717) is 11.5 Å². The van der Waals surface area contributed by atoms with Gasteiger partial charge in [0.2, 0.25) is 5.78 Å². The Balaban J connectivity index is 1.45. The van der Waals surface area contributed by atoms with Crippen LogP contribution in [0.1, 0.15) is 47.9 Å². The maximum atomic E-state index is 13.0. The zero-order chi connectivity index (χ0) is 23.8. The van der Waals surface area contributed by atoms with Crippen molar-refractivity contribution >= 4 is 23.2 Å². The number of carbonyl (C=O) groups excluding carboxylic acids is 3. The number of hydrogen-bond acceptors (Lipinski definition) is 8. The summed E-state index contributed by atoms with van der Waals surface area (Å²) in [6, 6.07) is 19.2. The largest absolute Gasteiger partial charge is 0.455 e. The summed E-state index contributed by atoms with van der Waals surface area (Å²) in [5.41, 5.74) is -0.465. The molecule has 0 saturated carbocycles. The van der Waals surface area contributed by atoms with Gasteiger partial charge in [-0.1, -0.05) is 59.8 Å². The van der Waals surface area contributed by atoms with Gasteiger partial charge in [-0.15, -0.1) is 0 Å². The van der Waals surface area contributed by atoms with Crippen LogP contribution in [-0.4, -0.2) is 27.6 Å². The molecular weight excluding hydrogens is 440 g/mol. The first-order chi connectivity index (χ1) is 16.5. The van der Waals surface area contributed by atoms with Gasteiger partial charge < -0.3 is 9.26 Å². The molecule has 0 aliphatic heterocycles. The molecule has 0 fully saturated rings. The minimum absolute atomic E-state index is 0.0460. The van der Waals surface area contributed by atoms with Crippen LogP contribution in [0.3, 0.4) is 0 Å². The van der Waals surface area contributed by atoms with Crippen LogP contribution >= 0.6 is 0 Å². The molecule has 1 heterocycles. The van der Waals surface area contributed by atoms with Crippen LogP contribution in [0.25, 0.3) is 11.3 Å². The lowest BCUT2D eigenvalue weighted by molar-refractivity contribution is -0.385. The number of rotatable bonds is 5. The maximum absolute atomic E-state index is 13.0. The van der Waals surface area contributed by atoms with Gasteiger partial charge in [0.25, 0.3) is 5.69 Å². The van der Waals surface area contributed by atoms with Crippen LogP contribution in [0.5, 0.6) is 0 Å².